The maximum atomic E-state index is 11.2. The second-order valence-corrected chi connectivity index (χ2v) is 7.31. The summed E-state index contributed by atoms with van der Waals surface area (Å²) in [5, 5.41) is 13.4. The van der Waals surface area contributed by atoms with Crippen molar-refractivity contribution in [2.75, 3.05) is 13.7 Å². The Balaban J connectivity index is 1.84. The van der Waals surface area contributed by atoms with Crippen LogP contribution in [0.4, 0.5) is 0 Å². The molecule has 4 rings (SSSR count). The third-order valence-corrected chi connectivity index (χ3v) is 4.71. The highest BCUT2D eigenvalue weighted by atomic mass is 16.5. The molecule has 0 saturated heterocycles. The number of ether oxygens (including phenoxy) is 2. The number of fused-ring (bicyclic) bond motifs is 1. The van der Waals surface area contributed by atoms with Gasteiger partial charge < -0.3 is 14.6 Å². The van der Waals surface area contributed by atoms with Crippen LogP contribution >= 0.6 is 0 Å². The number of hydrogen-bond donors (Lipinski definition) is 1. The highest BCUT2D eigenvalue weighted by Gasteiger charge is 2.31. The van der Waals surface area contributed by atoms with Crippen molar-refractivity contribution in [3.05, 3.63) is 71.4 Å². The number of aromatic nitrogens is 1. The van der Waals surface area contributed by atoms with E-state index in [1.54, 1.807) is 13.3 Å². The molecule has 0 bridgehead atoms. The fourth-order valence-electron chi connectivity index (χ4n) is 3.33. The number of aliphatic hydroxyl groups excluding tert-OH is 1. The molecule has 1 aliphatic heterocycles. The fourth-order valence-corrected chi connectivity index (χ4v) is 3.33. The molecule has 5 heteroatoms. The van der Waals surface area contributed by atoms with Crippen LogP contribution in [0.5, 0.6) is 5.88 Å². The maximum absolute atomic E-state index is 11.2. The second kappa shape index (κ2) is 6.67. The zero-order chi connectivity index (χ0) is 19.0. The van der Waals surface area contributed by atoms with E-state index >= 15 is 0 Å². The smallest absolute Gasteiger partial charge is 0.220 e. The summed E-state index contributed by atoms with van der Waals surface area (Å²) in [6.45, 7) is 4.52. The van der Waals surface area contributed by atoms with Crippen LogP contribution in [-0.4, -0.2) is 35.2 Å². The van der Waals surface area contributed by atoms with Gasteiger partial charge in [-0.25, -0.2) is 9.98 Å². The van der Waals surface area contributed by atoms with Gasteiger partial charge in [-0.05, 0) is 42.3 Å². The molecule has 1 atom stereocenters. The molecule has 0 saturated carbocycles. The number of pyridine rings is 1. The van der Waals surface area contributed by atoms with Crippen molar-refractivity contribution in [2.45, 2.75) is 25.5 Å². The minimum absolute atomic E-state index is 0.295. The Morgan fingerprint density at radius 2 is 1.89 bits per heavy atom. The summed E-state index contributed by atoms with van der Waals surface area (Å²) >= 11 is 0. The Hall–Kier alpha value is -2.92. The van der Waals surface area contributed by atoms with Gasteiger partial charge in [-0.15, -0.1) is 0 Å². The molecular formula is C22H22N2O3. The van der Waals surface area contributed by atoms with Crippen molar-refractivity contribution in [1.29, 1.82) is 0 Å². The highest BCUT2D eigenvalue weighted by molar-refractivity contribution is 5.97. The first kappa shape index (κ1) is 17.5. The summed E-state index contributed by atoms with van der Waals surface area (Å²) in [6.07, 6.45) is 0.727. The van der Waals surface area contributed by atoms with E-state index in [1.807, 2.05) is 62.4 Å². The van der Waals surface area contributed by atoms with Crippen LogP contribution in [0.25, 0.3) is 10.8 Å². The average molecular weight is 362 g/mol. The lowest BCUT2D eigenvalue weighted by atomic mass is 9.96. The molecule has 3 aromatic rings. The summed E-state index contributed by atoms with van der Waals surface area (Å²) in [7, 11) is 1.55. The van der Waals surface area contributed by atoms with Crippen molar-refractivity contribution >= 4 is 16.7 Å². The van der Waals surface area contributed by atoms with E-state index in [0.29, 0.717) is 29.5 Å². The lowest BCUT2D eigenvalue weighted by molar-refractivity contribution is 0.212. The lowest BCUT2D eigenvalue weighted by Gasteiger charge is -2.18. The molecule has 1 unspecified atom stereocenters. The fraction of sp³-hybridized carbons (Fsp3) is 0.273. The van der Waals surface area contributed by atoms with Crippen molar-refractivity contribution in [1.82, 2.24) is 4.98 Å². The van der Waals surface area contributed by atoms with Crippen molar-refractivity contribution in [3.8, 4) is 5.88 Å². The topological polar surface area (TPSA) is 63.9 Å². The lowest BCUT2D eigenvalue weighted by Crippen LogP contribution is -2.17. The Morgan fingerprint density at radius 1 is 1.11 bits per heavy atom. The molecule has 1 N–H and O–H groups in total. The van der Waals surface area contributed by atoms with E-state index in [1.165, 1.54) is 0 Å². The monoisotopic (exact) mass is 362 g/mol. The van der Waals surface area contributed by atoms with Gasteiger partial charge in [0, 0.05) is 11.8 Å². The number of aliphatic hydroxyl groups is 1. The molecule has 138 valence electrons. The maximum Gasteiger partial charge on any atom is 0.220 e. The van der Waals surface area contributed by atoms with Gasteiger partial charge in [0.2, 0.25) is 11.8 Å². The van der Waals surface area contributed by atoms with Crippen LogP contribution < -0.4 is 4.74 Å². The standard InChI is InChI=1S/C22H22N2O3/c1-22(2)13-27-20(24-22)17-10-11-23-21(26-3)18(17)19(25)16-9-8-14-6-4-5-7-15(14)12-16/h4-12,19,25H,13H2,1-3H3. The summed E-state index contributed by atoms with van der Waals surface area (Å²) in [5.74, 6) is 0.875. The Bertz CT molecular complexity index is 1030. The number of methoxy groups -OCH3 is 1. The number of benzene rings is 2. The predicted octanol–water partition coefficient (Wildman–Crippen LogP) is 3.88. The molecule has 0 spiro atoms. The molecule has 1 aromatic heterocycles. The highest BCUT2D eigenvalue weighted by Crippen LogP contribution is 2.35. The van der Waals surface area contributed by atoms with Gasteiger partial charge in [0.1, 0.15) is 12.7 Å². The molecular weight excluding hydrogens is 340 g/mol. The Morgan fingerprint density at radius 3 is 2.59 bits per heavy atom. The number of aliphatic imine (C=N–C) groups is 1. The largest absolute Gasteiger partial charge is 0.481 e. The summed E-state index contributed by atoms with van der Waals surface area (Å²) in [4.78, 5) is 8.93. The number of nitrogens with zero attached hydrogens (tertiary/aromatic N) is 2. The molecule has 27 heavy (non-hydrogen) atoms. The minimum atomic E-state index is -0.914. The normalized spacial score (nSPS) is 16.7. The van der Waals surface area contributed by atoms with E-state index in [4.69, 9.17) is 9.47 Å². The summed E-state index contributed by atoms with van der Waals surface area (Å²) in [6, 6.07) is 15.8. The van der Waals surface area contributed by atoms with Crippen LogP contribution in [-0.2, 0) is 4.74 Å². The van der Waals surface area contributed by atoms with Crippen molar-refractivity contribution in [2.24, 2.45) is 4.99 Å². The Kier molecular flexibility index (Phi) is 4.32. The predicted molar refractivity (Wildman–Crippen MR) is 105 cm³/mol. The van der Waals surface area contributed by atoms with E-state index in [-0.39, 0.29) is 5.54 Å². The van der Waals surface area contributed by atoms with Gasteiger partial charge in [0.05, 0.1) is 18.2 Å². The molecule has 5 nitrogen and oxygen atoms in total. The van der Waals surface area contributed by atoms with E-state index in [9.17, 15) is 5.11 Å². The van der Waals surface area contributed by atoms with Crippen LogP contribution in [0.1, 0.15) is 36.6 Å². The molecule has 2 aromatic carbocycles. The number of hydrogen-bond acceptors (Lipinski definition) is 5. The van der Waals surface area contributed by atoms with Crippen LogP contribution in [0.2, 0.25) is 0 Å². The van der Waals surface area contributed by atoms with Crippen LogP contribution in [0, 0.1) is 0 Å². The first-order valence-corrected chi connectivity index (χ1v) is 8.91. The van der Waals surface area contributed by atoms with Gasteiger partial charge in [-0.2, -0.15) is 0 Å². The molecule has 2 heterocycles. The quantitative estimate of drug-likeness (QED) is 0.765. The number of rotatable bonds is 4. The van der Waals surface area contributed by atoms with Gasteiger partial charge in [-0.1, -0.05) is 36.4 Å². The SMILES string of the molecule is COc1nccc(C2=NC(C)(C)CO2)c1C(O)c1ccc2ccccc2c1. The molecule has 1 aliphatic rings. The van der Waals surface area contributed by atoms with E-state index < -0.39 is 6.10 Å². The van der Waals surface area contributed by atoms with Gasteiger partial charge >= 0.3 is 0 Å². The second-order valence-electron chi connectivity index (χ2n) is 7.31. The molecule has 0 amide bonds. The zero-order valence-electron chi connectivity index (χ0n) is 15.6. The third-order valence-electron chi connectivity index (χ3n) is 4.71. The Labute approximate surface area is 158 Å². The summed E-state index contributed by atoms with van der Waals surface area (Å²) in [5.41, 5.74) is 1.73. The summed E-state index contributed by atoms with van der Waals surface area (Å²) < 4.78 is 11.3. The van der Waals surface area contributed by atoms with Crippen molar-refractivity contribution in [3.63, 3.8) is 0 Å². The van der Waals surface area contributed by atoms with Crippen LogP contribution in [0.3, 0.4) is 0 Å². The van der Waals surface area contributed by atoms with Gasteiger partial charge in [0.25, 0.3) is 0 Å². The zero-order valence-corrected chi connectivity index (χ0v) is 15.6. The first-order valence-electron chi connectivity index (χ1n) is 8.91. The van der Waals surface area contributed by atoms with Gasteiger partial charge in [-0.3, -0.25) is 0 Å². The van der Waals surface area contributed by atoms with Crippen molar-refractivity contribution < 1.29 is 14.6 Å². The van der Waals surface area contributed by atoms with E-state index in [2.05, 4.69) is 9.98 Å². The molecule has 0 aliphatic carbocycles. The first-order chi connectivity index (χ1) is 13.0. The average Bonchev–Trinajstić information content (AvgIpc) is 3.06. The minimum Gasteiger partial charge on any atom is -0.481 e. The molecule has 0 fully saturated rings. The van der Waals surface area contributed by atoms with E-state index in [0.717, 1.165) is 16.3 Å². The van der Waals surface area contributed by atoms with Crippen LogP contribution in [0.15, 0.2) is 59.7 Å². The van der Waals surface area contributed by atoms with Gasteiger partial charge in [0.15, 0.2) is 0 Å². The molecule has 0 radical (unpaired) electrons. The third kappa shape index (κ3) is 3.26.